The second-order valence-electron chi connectivity index (χ2n) is 3.82. The molecule has 1 aromatic carbocycles. The third-order valence-corrected chi connectivity index (χ3v) is 2.48. The predicted octanol–water partition coefficient (Wildman–Crippen LogP) is -0.0241. The van der Waals surface area contributed by atoms with Crippen LogP contribution in [0.25, 0.3) is 0 Å². The standard InChI is InChI=1S/C11H14N2O4/c1-12-4-9(15)7-2-6(14)3-8-11(7)17-5-10(16)13-8/h2-3,9,12,14-15H,4-5H2,1H3,(H,13,16)/t9-/m1/s1. The van der Waals surface area contributed by atoms with Gasteiger partial charge in [0.25, 0.3) is 5.91 Å². The lowest BCUT2D eigenvalue weighted by Crippen LogP contribution is -2.27. The summed E-state index contributed by atoms with van der Waals surface area (Å²) in [6, 6.07) is 2.82. The minimum atomic E-state index is -0.809. The number of phenolic OH excluding ortho intramolecular Hbond substituents is 1. The largest absolute Gasteiger partial charge is 0.508 e. The van der Waals surface area contributed by atoms with E-state index < -0.39 is 6.10 Å². The van der Waals surface area contributed by atoms with E-state index in [-0.39, 0.29) is 18.3 Å². The molecule has 0 radical (unpaired) electrons. The zero-order chi connectivity index (χ0) is 12.4. The quantitative estimate of drug-likeness (QED) is 0.594. The van der Waals surface area contributed by atoms with Crippen LogP contribution in [0.3, 0.4) is 0 Å². The van der Waals surface area contributed by atoms with Gasteiger partial charge in [-0.15, -0.1) is 0 Å². The van der Waals surface area contributed by atoms with E-state index in [0.717, 1.165) is 0 Å². The number of aromatic hydroxyl groups is 1. The van der Waals surface area contributed by atoms with Crippen LogP contribution in [0.4, 0.5) is 5.69 Å². The molecule has 2 rings (SSSR count). The minimum absolute atomic E-state index is 0.0281. The van der Waals surface area contributed by atoms with Gasteiger partial charge in [0.2, 0.25) is 0 Å². The molecule has 1 aliphatic rings. The fraction of sp³-hybridized carbons (Fsp3) is 0.364. The zero-order valence-corrected chi connectivity index (χ0v) is 9.36. The van der Waals surface area contributed by atoms with Crippen molar-refractivity contribution in [3.8, 4) is 11.5 Å². The number of hydrogen-bond donors (Lipinski definition) is 4. The number of carbonyl (C=O) groups excluding carboxylic acids is 1. The van der Waals surface area contributed by atoms with Crippen LogP contribution in [0, 0.1) is 0 Å². The molecule has 1 atom stereocenters. The van der Waals surface area contributed by atoms with Crippen LogP contribution in [-0.2, 0) is 4.79 Å². The van der Waals surface area contributed by atoms with Gasteiger partial charge in [0.1, 0.15) is 11.5 Å². The van der Waals surface area contributed by atoms with Gasteiger partial charge in [-0.05, 0) is 13.1 Å². The molecule has 0 fully saturated rings. The average molecular weight is 238 g/mol. The van der Waals surface area contributed by atoms with Crippen LogP contribution in [0.5, 0.6) is 11.5 Å². The molecule has 0 aliphatic carbocycles. The smallest absolute Gasteiger partial charge is 0.262 e. The van der Waals surface area contributed by atoms with Crippen LogP contribution >= 0.6 is 0 Å². The van der Waals surface area contributed by atoms with Crippen molar-refractivity contribution >= 4 is 11.6 Å². The Balaban J connectivity index is 2.41. The first-order chi connectivity index (χ1) is 8.11. The van der Waals surface area contributed by atoms with Crippen molar-refractivity contribution in [2.45, 2.75) is 6.10 Å². The number of phenols is 1. The van der Waals surface area contributed by atoms with Gasteiger partial charge in [-0.2, -0.15) is 0 Å². The molecule has 92 valence electrons. The summed E-state index contributed by atoms with van der Waals surface area (Å²) in [7, 11) is 1.71. The first-order valence-corrected chi connectivity index (χ1v) is 5.24. The van der Waals surface area contributed by atoms with E-state index in [0.29, 0.717) is 23.5 Å². The maximum atomic E-state index is 11.2. The van der Waals surface area contributed by atoms with E-state index in [1.54, 1.807) is 7.05 Å². The molecule has 6 nitrogen and oxygen atoms in total. The van der Waals surface area contributed by atoms with Crippen molar-refractivity contribution in [1.82, 2.24) is 5.32 Å². The normalized spacial score (nSPS) is 15.8. The monoisotopic (exact) mass is 238 g/mol. The Morgan fingerprint density at radius 2 is 2.35 bits per heavy atom. The number of aliphatic hydroxyl groups is 1. The third kappa shape index (κ3) is 2.32. The Morgan fingerprint density at radius 3 is 3.06 bits per heavy atom. The lowest BCUT2D eigenvalue weighted by Gasteiger charge is -2.23. The molecule has 1 amide bonds. The summed E-state index contributed by atoms with van der Waals surface area (Å²) in [5.74, 6) is 0.0991. The highest BCUT2D eigenvalue weighted by molar-refractivity contribution is 5.96. The van der Waals surface area contributed by atoms with Crippen LogP contribution in [0.15, 0.2) is 12.1 Å². The molecular weight excluding hydrogens is 224 g/mol. The Bertz CT molecular complexity index is 447. The summed E-state index contributed by atoms with van der Waals surface area (Å²) in [5.41, 5.74) is 0.834. The molecule has 0 bridgehead atoms. The fourth-order valence-corrected chi connectivity index (χ4v) is 1.76. The lowest BCUT2D eigenvalue weighted by atomic mass is 10.1. The van der Waals surface area contributed by atoms with Crippen molar-refractivity contribution in [2.75, 3.05) is 25.5 Å². The van der Waals surface area contributed by atoms with Gasteiger partial charge in [0.15, 0.2) is 6.61 Å². The molecule has 1 heterocycles. The van der Waals surface area contributed by atoms with Gasteiger partial charge in [-0.3, -0.25) is 4.79 Å². The van der Waals surface area contributed by atoms with Gasteiger partial charge in [-0.1, -0.05) is 0 Å². The highest BCUT2D eigenvalue weighted by Gasteiger charge is 2.23. The van der Waals surface area contributed by atoms with Gasteiger partial charge in [0.05, 0.1) is 11.8 Å². The summed E-state index contributed by atoms with van der Waals surface area (Å²) < 4.78 is 5.28. The number of rotatable bonds is 3. The summed E-state index contributed by atoms with van der Waals surface area (Å²) in [6.07, 6.45) is -0.809. The van der Waals surface area contributed by atoms with Gasteiger partial charge >= 0.3 is 0 Å². The van der Waals surface area contributed by atoms with Crippen LogP contribution in [-0.4, -0.2) is 36.3 Å². The maximum absolute atomic E-state index is 11.2. The maximum Gasteiger partial charge on any atom is 0.262 e. The SMILES string of the molecule is CNC[C@@H](O)c1cc(O)cc2c1OCC(=O)N2. The Morgan fingerprint density at radius 1 is 1.59 bits per heavy atom. The van der Waals surface area contributed by atoms with Gasteiger partial charge in [0, 0.05) is 18.2 Å². The highest BCUT2D eigenvalue weighted by atomic mass is 16.5. The first kappa shape index (κ1) is 11.7. The molecule has 0 spiro atoms. The number of amides is 1. The number of carbonyl (C=O) groups is 1. The molecular formula is C11H14N2O4. The number of likely N-dealkylation sites (N-methyl/N-ethyl adjacent to an activating group) is 1. The zero-order valence-electron chi connectivity index (χ0n) is 9.36. The predicted molar refractivity (Wildman–Crippen MR) is 61.1 cm³/mol. The molecule has 0 saturated carbocycles. The van der Waals surface area contributed by atoms with Crippen molar-refractivity contribution in [3.63, 3.8) is 0 Å². The Kier molecular flexibility index (Phi) is 3.16. The molecule has 0 aromatic heterocycles. The van der Waals surface area contributed by atoms with Crippen LogP contribution < -0.4 is 15.4 Å². The molecule has 1 aliphatic heterocycles. The summed E-state index contributed by atoms with van der Waals surface area (Å²) in [6.45, 7) is 0.240. The van der Waals surface area contributed by atoms with Crippen molar-refractivity contribution in [1.29, 1.82) is 0 Å². The van der Waals surface area contributed by atoms with Crippen LogP contribution in [0.2, 0.25) is 0 Å². The number of hydrogen-bond acceptors (Lipinski definition) is 5. The molecule has 0 saturated heterocycles. The summed E-state index contributed by atoms with van der Waals surface area (Å²) in [4.78, 5) is 11.2. The van der Waals surface area contributed by atoms with Crippen LogP contribution in [0.1, 0.15) is 11.7 Å². The van der Waals surface area contributed by atoms with E-state index in [2.05, 4.69) is 10.6 Å². The fourth-order valence-electron chi connectivity index (χ4n) is 1.76. The van der Waals surface area contributed by atoms with E-state index in [1.165, 1.54) is 12.1 Å². The molecule has 1 aromatic rings. The second-order valence-corrected chi connectivity index (χ2v) is 3.82. The first-order valence-electron chi connectivity index (χ1n) is 5.24. The number of fused-ring (bicyclic) bond motifs is 1. The van der Waals surface area contributed by atoms with E-state index in [4.69, 9.17) is 4.74 Å². The Labute approximate surface area is 98.2 Å². The van der Waals surface area contributed by atoms with E-state index in [1.807, 2.05) is 0 Å². The number of nitrogens with one attached hydrogen (secondary N) is 2. The van der Waals surface area contributed by atoms with E-state index in [9.17, 15) is 15.0 Å². The highest BCUT2D eigenvalue weighted by Crippen LogP contribution is 2.38. The second kappa shape index (κ2) is 4.60. The molecule has 6 heteroatoms. The van der Waals surface area contributed by atoms with Gasteiger partial charge < -0.3 is 25.6 Å². The van der Waals surface area contributed by atoms with Crippen molar-refractivity contribution < 1.29 is 19.7 Å². The number of benzene rings is 1. The molecule has 4 N–H and O–H groups in total. The summed E-state index contributed by atoms with van der Waals surface area (Å²) in [5, 5.41) is 24.8. The number of aliphatic hydroxyl groups excluding tert-OH is 1. The third-order valence-electron chi connectivity index (χ3n) is 2.48. The lowest BCUT2D eigenvalue weighted by molar-refractivity contribution is -0.118. The van der Waals surface area contributed by atoms with Crippen molar-refractivity contribution in [2.24, 2.45) is 0 Å². The van der Waals surface area contributed by atoms with Crippen molar-refractivity contribution in [3.05, 3.63) is 17.7 Å². The number of ether oxygens (including phenoxy) is 1. The minimum Gasteiger partial charge on any atom is -0.508 e. The Hall–Kier alpha value is -1.79. The topological polar surface area (TPSA) is 90.8 Å². The molecule has 0 unspecified atom stereocenters. The molecule has 17 heavy (non-hydrogen) atoms. The van der Waals surface area contributed by atoms with E-state index >= 15 is 0 Å². The summed E-state index contributed by atoms with van der Waals surface area (Å²) >= 11 is 0. The number of anilines is 1. The average Bonchev–Trinajstić information content (AvgIpc) is 2.27. The van der Waals surface area contributed by atoms with Gasteiger partial charge in [-0.25, -0.2) is 0 Å².